The number of rotatable bonds is 4. The van der Waals surface area contributed by atoms with E-state index >= 15 is 0 Å². The molecule has 2 aliphatic rings. The first-order valence-electron chi connectivity index (χ1n) is 6.08. The quantitative estimate of drug-likeness (QED) is 0.702. The van der Waals surface area contributed by atoms with Gasteiger partial charge >= 0.3 is 0 Å². The van der Waals surface area contributed by atoms with Gasteiger partial charge in [-0.25, -0.2) is 4.98 Å². The third kappa shape index (κ3) is 1.93. The maximum atomic E-state index is 11.9. The van der Waals surface area contributed by atoms with Crippen molar-refractivity contribution >= 4 is 5.91 Å². The highest BCUT2D eigenvalue weighted by Gasteiger charge is 2.38. The minimum Gasteiger partial charge on any atom is -0.394 e. The van der Waals surface area contributed by atoms with Crippen molar-refractivity contribution < 1.29 is 9.90 Å². The van der Waals surface area contributed by atoms with E-state index in [1.807, 2.05) is 0 Å². The summed E-state index contributed by atoms with van der Waals surface area (Å²) in [5.74, 6) is 1.16. The van der Waals surface area contributed by atoms with Crippen molar-refractivity contribution in [1.29, 1.82) is 0 Å². The maximum absolute atomic E-state index is 11.9. The molecule has 6 heteroatoms. The van der Waals surface area contributed by atoms with Crippen molar-refractivity contribution in [3.05, 3.63) is 11.6 Å². The molecule has 92 valence electrons. The molecular formula is C11H16N4O2. The predicted molar refractivity (Wildman–Crippen MR) is 59.5 cm³/mol. The van der Waals surface area contributed by atoms with Crippen molar-refractivity contribution in [2.45, 2.75) is 43.6 Å². The van der Waals surface area contributed by atoms with E-state index in [0.29, 0.717) is 5.92 Å². The molecule has 17 heavy (non-hydrogen) atoms. The van der Waals surface area contributed by atoms with Crippen molar-refractivity contribution in [3.63, 3.8) is 0 Å². The van der Waals surface area contributed by atoms with Gasteiger partial charge in [-0.1, -0.05) is 0 Å². The Morgan fingerprint density at radius 3 is 2.82 bits per heavy atom. The van der Waals surface area contributed by atoms with E-state index in [4.69, 9.17) is 0 Å². The number of amides is 1. The Balaban J connectivity index is 1.68. The van der Waals surface area contributed by atoms with E-state index in [2.05, 4.69) is 20.5 Å². The van der Waals surface area contributed by atoms with E-state index in [1.165, 1.54) is 0 Å². The van der Waals surface area contributed by atoms with Crippen LogP contribution in [0.15, 0.2) is 0 Å². The highest BCUT2D eigenvalue weighted by atomic mass is 16.3. The molecule has 6 nitrogen and oxygen atoms in total. The summed E-state index contributed by atoms with van der Waals surface area (Å²) in [5.41, 5.74) is -0.433. The summed E-state index contributed by atoms with van der Waals surface area (Å²) in [6, 6.07) is 0. The fraction of sp³-hybridized carbons (Fsp3) is 0.727. The number of carbonyl (C=O) groups is 1. The Kier molecular flexibility index (Phi) is 2.39. The van der Waals surface area contributed by atoms with E-state index in [1.54, 1.807) is 0 Å². The Labute approximate surface area is 98.8 Å². The fourth-order valence-electron chi connectivity index (χ4n) is 2.14. The van der Waals surface area contributed by atoms with Gasteiger partial charge in [0.05, 0.1) is 12.1 Å². The second-order valence-electron chi connectivity index (χ2n) is 5.06. The zero-order chi connectivity index (χ0) is 11.9. The van der Waals surface area contributed by atoms with E-state index < -0.39 is 5.54 Å². The first-order valence-corrected chi connectivity index (χ1v) is 6.08. The number of aromatic amines is 1. The fourth-order valence-corrected chi connectivity index (χ4v) is 2.14. The van der Waals surface area contributed by atoms with Crippen LogP contribution in [-0.4, -0.2) is 38.3 Å². The molecule has 3 N–H and O–H groups in total. The third-order valence-electron chi connectivity index (χ3n) is 3.66. The van der Waals surface area contributed by atoms with Crippen LogP contribution in [0.5, 0.6) is 0 Å². The van der Waals surface area contributed by atoms with Crippen LogP contribution in [-0.2, 0) is 0 Å². The van der Waals surface area contributed by atoms with Gasteiger partial charge in [0.15, 0.2) is 0 Å². The number of aliphatic hydroxyl groups is 1. The number of nitrogens with zero attached hydrogens (tertiary/aromatic N) is 2. The maximum Gasteiger partial charge on any atom is 0.291 e. The molecule has 0 atom stereocenters. The summed E-state index contributed by atoms with van der Waals surface area (Å²) in [5, 5.41) is 18.8. The smallest absolute Gasteiger partial charge is 0.291 e. The number of nitrogens with one attached hydrogen (secondary N) is 2. The van der Waals surface area contributed by atoms with Gasteiger partial charge < -0.3 is 10.4 Å². The number of aromatic nitrogens is 3. The van der Waals surface area contributed by atoms with Crippen LogP contribution in [0.3, 0.4) is 0 Å². The van der Waals surface area contributed by atoms with Gasteiger partial charge in [0.25, 0.3) is 5.91 Å². The molecule has 0 spiro atoms. The molecule has 0 bridgehead atoms. The second-order valence-corrected chi connectivity index (χ2v) is 5.06. The largest absolute Gasteiger partial charge is 0.394 e. The Morgan fingerprint density at radius 1 is 1.53 bits per heavy atom. The van der Waals surface area contributed by atoms with Gasteiger partial charge in [-0.3, -0.25) is 9.89 Å². The zero-order valence-electron chi connectivity index (χ0n) is 9.57. The second kappa shape index (κ2) is 3.80. The molecule has 0 unspecified atom stereocenters. The molecule has 0 aliphatic heterocycles. The zero-order valence-corrected chi connectivity index (χ0v) is 9.57. The number of carbonyl (C=O) groups excluding carboxylic acids is 1. The molecule has 3 rings (SSSR count). The van der Waals surface area contributed by atoms with Crippen molar-refractivity contribution in [1.82, 2.24) is 20.5 Å². The first-order chi connectivity index (χ1) is 8.22. The highest BCUT2D eigenvalue weighted by Crippen LogP contribution is 2.37. The lowest BCUT2D eigenvalue weighted by molar-refractivity contribution is 0.0633. The van der Waals surface area contributed by atoms with Gasteiger partial charge in [-0.2, -0.15) is 0 Å². The minimum absolute atomic E-state index is 0.0152. The van der Waals surface area contributed by atoms with E-state index in [9.17, 15) is 9.90 Å². The molecule has 1 amide bonds. The third-order valence-corrected chi connectivity index (χ3v) is 3.66. The van der Waals surface area contributed by atoms with Crippen molar-refractivity contribution in [3.8, 4) is 0 Å². The van der Waals surface area contributed by atoms with Gasteiger partial charge in [0.1, 0.15) is 5.82 Å². The first kappa shape index (κ1) is 10.7. The number of H-pyrrole nitrogens is 1. The normalized spacial score (nSPS) is 21.9. The van der Waals surface area contributed by atoms with Crippen LogP contribution in [0.4, 0.5) is 0 Å². The van der Waals surface area contributed by atoms with Gasteiger partial charge in [0, 0.05) is 5.92 Å². The Bertz CT molecular complexity index is 429. The number of aliphatic hydroxyl groups excluding tert-OH is 1. The molecule has 1 aromatic heterocycles. The molecule has 1 aromatic rings. The highest BCUT2D eigenvalue weighted by molar-refractivity contribution is 5.91. The average molecular weight is 236 g/mol. The monoisotopic (exact) mass is 236 g/mol. The predicted octanol–water partition coefficient (Wildman–Crippen LogP) is 0.327. The van der Waals surface area contributed by atoms with Crippen LogP contribution in [0.2, 0.25) is 0 Å². The van der Waals surface area contributed by atoms with Gasteiger partial charge in [0.2, 0.25) is 5.82 Å². The number of hydrogen-bond acceptors (Lipinski definition) is 4. The molecule has 0 saturated heterocycles. The summed E-state index contributed by atoms with van der Waals surface area (Å²) in [6.45, 7) is -0.0152. The van der Waals surface area contributed by atoms with Crippen LogP contribution >= 0.6 is 0 Å². The topological polar surface area (TPSA) is 90.9 Å². The lowest BCUT2D eigenvalue weighted by atomic mass is 9.77. The average Bonchev–Trinajstić information content (AvgIpc) is 3.01. The molecule has 2 saturated carbocycles. The van der Waals surface area contributed by atoms with E-state index in [-0.39, 0.29) is 18.3 Å². The number of hydrogen-bond donors (Lipinski definition) is 3. The molecular weight excluding hydrogens is 220 g/mol. The van der Waals surface area contributed by atoms with Crippen LogP contribution in [0, 0.1) is 0 Å². The van der Waals surface area contributed by atoms with Crippen LogP contribution in [0.1, 0.15) is 54.5 Å². The molecule has 0 radical (unpaired) electrons. The lowest BCUT2D eigenvalue weighted by Crippen LogP contribution is -2.56. The van der Waals surface area contributed by atoms with Crippen molar-refractivity contribution in [2.75, 3.05) is 6.61 Å². The minimum atomic E-state index is -0.433. The summed E-state index contributed by atoms with van der Waals surface area (Å²) in [6.07, 6.45) is 4.94. The van der Waals surface area contributed by atoms with Crippen molar-refractivity contribution in [2.24, 2.45) is 0 Å². The molecule has 1 heterocycles. The summed E-state index contributed by atoms with van der Waals surface area (Å²) < 4.78 is 0. The summed E-state index contributed by atoms with van der Waals surface area (Å²) in [4.78, 5) is 16.1. The van der Waals surface area contributed by atoms with Crippen LogP contribution in [0.25, 0.3) is 0 Å². The SMILES string of the molecule is O=C(NC1(CO)CCC1)c1n[nH]c(C2CC2)n1. The Morgan fingerprint density at radius 2 is 2.29 bits per heavy atom. The standard InChI is InChI=1S/C11H16N4O2/c16-6-11(4-1-5-11)13-10(17)9-12-8(14-15-9)7-2-3-7/h7,16H,1-6H2,(H,13,17)(H,12,14,15). The lowest BCUT2D eigenvalue weighted by Gasteiger charge is -2.40. The van der Waals surface area contributed by atoms with Crippen LogP contribution < -0.4 is 5.32 Å². The summed E-state index contributed by atoms with van der Waals surface area (Å²) >= 11 is 0. The summed E-state index contributed by atoms with van der Waals surface area (Å²) in [7, 11) is 0. The Hall–Kier alpha value is -1.43. The van der Waals surface area contributed by atoms with Gasteiger partial charge in [-0.05, 0) is 32.1 Å². The molecule has 2 aliphatic carbocycles. The molecule has 2 fully saturated rings. The molecule has 0 aromatic carbocycles. The van der Waals surface area contributed by atoms with Gasteiger partial charge in [-0.15, -0.1) is 5.10 Å². The van der Waals surface area contributed by atoms with E-state index in [0.717, 1.165) is 37.9 Å².